The van der Waals surface area contributed by atoms with Crippen molar-refractivity contribution in [1.82, 2.24) is 14.2 Å². The van der Waals surface area contributed by atoms with Crippen molar-refractivity contribution in [2.45, 2.75) is 30.3 Å². The number of sulfonamides is 1. The van der Waals surface area contributed by atoms with Crippen molar-refractivity contribution in [2.24, 2.45) is 5.92 Å². The van der Waals surface area contributed by atoms with Crippen molar-refractivity contribution in [3.05, 3.63) is 78.6 Å². The summed E-state index contributed by atoms with van der Waals surface area (Å²) in [6, 6.07) is 17.3. The predicted molar refractivity (Wildman–Crippen MR) is 139 cm³/mol. The third-order valence-electron chi connectivity index (χ3n) is 6.75. The van der Waals surface area contributed by atoms with E-state index in [0.717, 1.165) is 15.4 Å². The van der Waals surface area contributed by atoms with E-state index in [9.17, 15) is 28.2 Å². The highest BCUT2D eigenvalue weighted by atomic mass is 32.2. The lowest BCUT2D eigenvalue weighted by Gasteiger charge is -2.37. The van der Waals surface area contributed by atoms with Crippen LogP contribution in [0.3, 0.4) is 0 Å². The molecule has 2 N–H and O–H groups in total. The van der Waals surface area contributed by atoms with Crippen LogP contribution in [-0.4, -0.2) is 71.1 Å². The number of aromatic nitrogens is 1. The van der Waals surface area contributed by atoms with Gasteiger partial charge in [0.2, 0.25) is 10.0 Å². The number of aliphatic carboxylic acids is 1. The van der Waals surface area contributed by atoms with Gasteiger partial charge in [-0.2, -0.15) is 4.31 Å². The zero-order valence-corrected chi connectivity index (χ0v) is 21.6. The van der Waals surface area contributed by atoms with Crippen LogP contribution in [0.2, 0.25) is 0 Å². The highest BCUT2D eigenvalue weighted by Crippen LogP contribution is 2.31. The van der Waals surface area contributed by atoms with Crippen LogP contribution in [-0.2, 0) is 21.4 Å². The third kappa shape index (κ3) is 5.95. The number of hydrogen-bond donors (Lipinski definition) is 2. The van der Waals surface area contributed by atoms with Crippen LogP contribution in [0.1, 0.15) is 18.5 Å². The Morgan fingerprint density at radius 1 is 1.00 bits per heavy atom. The predicted octanol–water partition coefficient (Wildman–Crippen LogP) is 3.79. The molecule has 0 saturated carbocycles. The lowest BCUT2D eigenvalue weighted by atomic mass is 9.89. The van der Waals surface area contributed by atoms with Gasteiger partial charge in [-0.25, -0.2) is 13.2 Å². The standard InChI is InChI=1S/C27H29N3O7S/c1-37-23-9-5-19(6-10-23)20-7-11-24(12-8-20)38(35,36)30(18-22-4-2-3-15-28-22)25(26(31)32)21-13-16-29(17-14-21)27(33)34/h2-12,15,21,25H,13-14,16-18H2,1H3,(H,31,32)(H,33,34). The van der Waals surface area contributed by atoms with E-state index < -0.39 is 34.0 Å². The van der Waals surface area contributed by atoms with E-state index in [1.165, 1.54) is 23.2 Å². The summed E-state index contributed by atoms with van der Waals surface area (Å²) < 4.78 is 34.1. The zero-order chi connectivity index (χ0) is 27.3. The molecular weight excluding hydrogens is 510 g/mol. The highest BCUT2D eigenvalue weighted by Gasteiger charge is 2.42. The Kier molecular flexibility index (Phi) is 8.28. The fraction of sp³-hybridized carbons (Fsp3) is 0.296. The molecule has 1 aliphatic rings. The smallest absolute Gasteiger partial charge is 0.407 e. The number of likely N-dealkylation sites (tertiary alicyclic amines) is 1. The highest BCUT2D eigenvalue weighted by molar-refractivity contribution is 7.89. The quantitative estimate of drug-likeness (QED) is 0.419. The van der Waals surface area contributed by atoms with Crippen molar-refractivity contribution < 1.29 is 33.0 Å². The number of carboxylic acid groups (broad SMARTS) is 2. The largest absolute Gasteiger partial charge is 0.497 e. The summed E-state index contributed by atoms with van der Waals surface area (Å²) in [6.45, 7) is 0.0368. The summed E-state index contributed by atoms with van der Waals surface area (Å²) in [5.74, 6) is -1.15. The van der Waals surface area contributed by atoms with Gasteiger partial charge in [0.1, 0.15) is 11.8 Å². The number of rotatable bonds is 9. The van der Waals surface area contributed by atoms with E-state index in [0.29, 0.717) is 11.4 Å². The molecule has 0 spiro atoms. The van der Waals surface area contributed by atoms with Gasteiger partial charge >= 0.3 is 12.1 Å². The summed E-state index contributed by atoms with van der Waals surface area (Å²) in [5.41, 5.74) is 2.06. The van der Waals surface area contributed by atoms with Crippen LogP contribution >= 0.6 is 0 Å². The molecule has 10 nitrogen and oxygen atoms in total. The first kappa shape index (κ1) is 27.1. The van der Waals surface area contributed by atoms with Crippen molar-refractivity contribution >= 4 is 22.1 Å². The molecule has 0 bridgehead atoms. The molecule has 1 aromatic heterocycles. The molecule has 0 aliphatic carbocycles. The Bertz CT molecular complexity index is 1360. The van der Waals surface area contributed by atoms with E-state index in [-0.39, 0.29) is 37.4 Å². The molecule has 38 heavy (non-hydrogen) atoms. The molecule has 200 valence electrons. The SMILES string of the molecule is COc1ccc(-c2ccc(S(=O)(=O)N(Cc3ccccn3)C(C(=O)O)C3CCN(C(=O)O)CC3)cc2)cc1. The molecule has 4 rings (SSSR count). The minimum atomic E-state index is -4.27. The van der Waals surface area contributed by atoms with Gasteiger partial charge in [0, 0.05) is 19.3 Å². The molecule has 1 amide bonds. The molecule has 2 heterocycles. The molecule has 0 radical (unpaired) electrons. The minimum Gasteiger partial charge on any atom is -0.497 e. The number of amides is 1. The average molecular weight is 540 g/mol. The maximum atomic E-state index is 13.9. The van der Waals surface area contributed by atoms with Gasteiger partial charge in [-0.05, 0) is 66.3 Å². The Morgan fingerprint density at radius 3 is 2.11 bits per heavy atom. The number of hydrogen-bond acceptors (Lipinski definition) is 6. The van der Waals surface area contributed by atoms with E-state index in [1.807, 2.05) is 24.3 Å². The third-order valence-corrected chi connectivity index (χ3v) is 8.59. The van der Waals surface area contributed by atoms with E-state index >= 15 is 0 Å². The number of carboxylic acids is 1. The first-order valence-corrected chi connectivity index (χ1v) is 13.5. The number of nitrogens with zero attached hydrogens (tertiary/aromatic N) is 3. The molecule has 1 unspecified atom stereocenters. The zero-order valence-electron chi connectivity index (χ0n) is 20.8. The average Bonchev–Trinajstić information content (AvgIpc) is 2.93. The summed E-state index contributed by atoms with van der Waals surface area (Å²) >= 11 is 0. The number of ether oxygens (including phenoxy) is 1. The topological polar surface area (TPSA) is 137 Å². The van der Waals surface area contributed by atoms with Crippen molar-refractivity contribution in [2.75, 3.05) is 20.2 Å². The van der Waals surface area contributed by atoms with E-state index in [2.05, 4.69) is 4.98 Å². The molecule has 1 fully saturated rings. The molecule has 1 aliphatic heterocycles. The second kappa shape index (κ2) is 11.6. The fourth-order valence-electron chi connectivity index (χ4n) is 4.69. The van der Waals surface area contributed by atoms with Gasteiger partial charge in [-0.1, -0.05) is 30.3 Å². The maximum Gasteiger partial charge on any atom is 0.407 e. The van der Waals surface area contributed by atoms with Crippen LogP contribution in [0, 0.1) is 5.92 Å². The van der Waals surface area contributed by atoms with Crippen molar-refractivity contribution in [3.63, 3.8) is 0 Å². The van der Waals surface area contributed by atoms with Crippen molar-refractivity contribution in [3.8, 4) is 16.9 Å². The summed E-state index contributed by atoms with van der Waals surface area (Å²) in [6.07, 6.45) is 0.900. The number of piperidine rings is 1. The fourth-order valence-corrected chi connectivity index (χ4v) is 6.30. The Hall–Kier alpha value is -3.96. The van der Waals surface area contributed by atoms with Crippen LogP contribution in [0.25, 0.3) is 11.1 Å². The maximum absolute atomic E-state index is 13.9. The molecule has 11 heteroatoms. The first-order valence-electron chi connectivity index (χ1n) is 12.1. The molecule has 1 atom stereocenters. The van der Waals surface area contributed by atoms with E-state index in [4.69, 9.17) is 4.74 Å². The molecular formula is C27H29N3O7S. The summed E-state index contributed by atoms with van der Waals surface area (Å²) in [5, 5.41) is 19.5. The molecule has 1 saturated heterocycles. The van der Waals surface area contributed by atoms with Crippen molar-refractivity contribution in [1.29, 1.82) is 0 Å². The minimum absolute atomic E-state index is 0.0417. The van der Waals surface area contributed by atoms with Gasteiger partial charge < -0.3 is 19.8 Å². The monoisotopic (exact) mass is 539 g/mol. The Labute approximate surface area is 221 Å². The molecule has 3 aromatic rings. The number of pyridine rings is 1. The van der Waals surface area contributed by atoms with Crippen LogP contribution in [0.5, 0.6) is 5.75 Å². The van der Waals surface area contributed by atoms with Gasteiger partial charge in [-0.3, -0.25) is 9.78 Å². The van der Waals surface area contributed by atoms with Gasteiger partial charge in [0.25, 0.3) is 0 Å². The van der Waals surface area contributed by atoms with Crippen LogP contribution in [0.4, 0.5) is 4.79 Å². The van der Waals surface area contributed by atoms with Gasteiger partial charge in [-0.15, -0.1) is 0 Å². The van der Waals surface area contributed by atoms with Gasteiger partial charge in [0.05, 0.1) is 24.2 Å². The van der Waals surface area contributed by atoms with Crippen LogP contribution < -0.4 is 4.74 Å². The second-order valence-electron chi connectivity index (χ2n) is 9.01. The number of carbonyl (C=O) groups is 2. The lowest BCUT2D eigenvalue weighted by Crippen LogP contribution is -2.52. The Balaban J connectivity index is 1.68. The number of benzene rings is 2. The van der Waals surface area contributed by atoms with Gasteiger partial charge in [0.15, 0.2) is 0 Å². The summed E-state index contributed by atoms with van der Waals surface area (Å²) in [4.78, 5) is 29.3. The first-order chi connectivity index (χ1) is 18.2. The second-order valence-corrected chi connectivity index (χ2v) is 10.9. The Morgan fingerprint density at radius 2 is 1.61 bits per heavy atom. The lowest BCUT2D eigenvalue weighted by molar-refractivity contribution is -0.144. The van der Waals surface area contributed by atoms with Crippen LogP contribution in [0.15, 0.2) is 77.8 Å². The van der Waals surface area contributed by atoms with E-state index in [1.54, 1.807) is 37.4 Å². The summed E-state index contributed by atoms with van der Waals surface area (Å²) in [7, 11) is -2.70. The number of methoxy groups -OCH3 is 1. The normalized spacial score (nSPS) is 15.3. The molecule has 2 aromatic carbocycles.